The van der Waals surface area contributed by atoms with Crippen LogP contribution in [-0.4, -0.2) is 18.7 Å². The van der Waals surface area contributed by atoms with Crippen LogP contribution in [-0.2, 0) is 10.1 Å². The Morgan fingerprint density at radius 1 is 1.50 bits per heavy atom. The van der Waals surface area contributed by atoms with Crippen LogP contribution in [0.25, 0.3) is 0 Å². The molecule has 0 aromatic carbocycles. The van der Waals surface area contributed by atoms with Gasteiger partial charge in [0.15, 0.2) is 0 Å². The van der Waals surface area contributed by atoms with Crippen LogP contribution in [0.4, 0.5) is 0 Å². The SMILES string of the molecule is CC(C)=CCCS(=O)(=O)O. The van der Waals surface area contributed by atoms with Crippen LogP contribution < -0.4 is 0 Å². The van der Waals surface area contributed by atoms with Gasteiger partial charge in [0, 0.05) is 0 Å². The molecule has 0 fully saturated rings. The first-order chi connectivity index (χ1) is 4.42. The molecule has 0 unspecified atom stereocenters. The Balaban J connectivity index is 3.69. The van der Waals surface area contributed by atoms with Crippen LogP contribution in [0.3, 0.4) is 0 Å². The fourth-order valence-electron chi connectivity index (χ4n) is 0.497. The molecule has 0 aromatic rings. The van der Waals surface area contributed by atoms with Gasteiger partial charge in [0.2, 0.25) is 0 Å². The van der Waals surface area contributed by atoms with Crippen molar-refractivity contribution >= 4 is 10.1 Å². The van der Waals surface area contributed by atoms with E-state index in [2.05, 4.69) is 0 Å². The molecule has 0 saturated heterocycles. The van der Waals surface area contributed by atoms with Crippen molar-refractivity contribution in [3.05, 3.63) is 11.6 Å². The van der Waals surface area contributed by atoms with Gasteiger partial charge in [0.1, 0.15) is 0 Å². The molecule has 0 aliphatic rings. The number of allylic oxidation sites excluding steroid dienone is 2. The number of rotatable bonds is 3. The maximum Gasteiger partial charge on any atom is 0.265 e. The van der Waals surface area contributed by atoms with Crippen LogP contribution in [0.2, 0.25) is 0 Å². The zero-order valence-corrected chi connectivity index (χ0v) is 6.98. The van der Waals surface area contributed by atoms with E-state index in [1.807, 2.05) is 13.8 Å². The molecule has 4 heteroatoms. The van der Waals surface area contributed by atoms with Gasteiger partial charge >= 0.3 is 0 Å². The van der Waals surface area contributed by atoms with E-state index in [-0.39, 0.29) is 5.75 Å². The predicted molar refractivity (Wildman–Crippen MR) is 40.5 cm³/mol. The van der Waals surface area contributed by atoms with Crippen LogP contribution in [0.5, 0.6) is 0 Å². The normalized spacial score (nSPS) is 11.1. The smallest absolute Gasteiger partial charge is 0.265 e. The summed E-state index contributed by atoms with van der Waals surface area (Å²) in [6.45, 7) is 3.76. The average molecular weight is 164 g/mol. The molecule has 0 bridgehead atoms. The zero-order valence-electron chi connectivity index (χ0n) is 6.16. The van der Waals surface area contributed by atoms with Gasteiger partial charge < -0.3 is 0 Å². The maximum absolute atomic E-state index is 10.1. The highest BCUT2D eigenvalue weighted by Crippen LogP contribution is 1.95. The van der Waals surface area contributed by atoms with E-state index in [1.54, 1.807) is 6.08 Å². The van der Waals surface area contributed by atoms with Crippen LogP contribution in [0.15, 0.2) is 11.6 Å². The lowest BCUT2D eigenvalue weighted by molar-refractivity contribution is 0.483. The fraction of sp³-hybridized carbons (Fsp3) is 0.667. The van der Waals surface area contributed by atoms with Crippen molar-refractivity contribution in [2.24, 2.45) is 0 Å². The van der Waals surface area contributed by atoms with E-state index in [9.17, 15) is 8.42 Å². The molecule has 0 aliphatic carbocycles. The van der Waals surface area contributed by atoms with Gasteiger partial charge in [0.25, 0.3) is 10.1 Å². The van der Waals surface area contributed by atoms with E-state index in [1.165, 1.54) is 0 Å². The fourth-order valence-corrected chi connectivity index (χ4v) is 0.912. The Labute approximate surface area is 61.5 Å². The van der Waals surface area contributed by atoms with E-state index in [4.69, 9.17) is 4.55 Å². The molecule has 1 N–H and O–H groups in total. The highest BCUT2D eigenvalue weighted by molar-refractivity contribution is 7.85. The molecular weight excluding hydrogens is 152 g/mol. The Bertz CT molecular complexity index is 209. The van der Waals surface area contributed by atoms with Crippen LogP contribution >= 0.6 is 0 Å². The van der Waals surface area contributed by atoms with Crippen molar-refractivity contribution in [1.29, 1.82) is 0 Å². The average Bonchev–Trinajstić information content (AvgIpc) is 1.59. The first-order valence-electron chi connectivity index (χ1n) is 3.00. The van der Waals surface area contributed by atoms with Crippen molar-refractivity contribution in [3.8, 4) is 0 Å². The minimum Gasteiger partial charge on any atom is -0.286 e. The third kappa shape index (κ3) is 7.65. The second-order valence-electron chi connectivity index (χ2n) is 2.36. The summed E-state index contributed by atoms with van der Waals surface area (Å²) in [6, 6.07) is 0. The molecule has 60 valence electrons. The van der Waals surface area contributed by atoms with Gasteiger partial charge in [-0.1, -0.05) is 11.6 Å². The summed E-state index contributed by atoms with van der Waals surface area (Å²) >= 11 is 0. The molecule has 3 nitrogen and oxygen atoms in total. The highest BCUT2D eigenvalue weighted by atomic mass is 32.2. The van der Waals surface area contributed by atoms with Gasteiger partial charge in [-0.05, 0) is 20.3 Å². The first-order valence-corrected chi connectivity index (χ1v) is 4.61. The Morgan fingerprint density at radius 2 is 2.00 bits per heavy atom. The van der Waals surface area contributed by atoms with Gasteiger partial charge in [-0.15, -0.1) is 0 Å². The summed E-state index contributed by atoms with van der Waals surface area (Å²) in [4.78, 5) is 0. The summed E-state index contributed by atoms with van der Waals surface area (Å²) < 4.78 is 28.6. The molecule has 0 amide bonds. The Hall–Kier alpha value is -0.350. The van der Waals surface area contributed by atoms with Crippen molar-refractivity contribution in [3.63, 3.8) is 0 Å². The molecule has 0 rings (SSSR count). The van der Waals surface area contributed by atoms with Crippen molar-refractivity contribution in [1.82, 2.24) is 0 Å². The summed E-state index contributed by atoms with van der Waals surface area (Å²) in [5.41, 5.74) is 1.06. The molecule has 0 saturated carbocycles. The summed E-state index contributed by atoms with van der Waals surface area (Å²) in [5, 5.41) is 0. The molecule has 0 heterocycles. The van der Waals surface area contributed by atoms with Gasteiger partial charge in [-0.2, -0.15) is 8.42 Å². The zero-order chi connectivity index (χ0) is 8.20. The second-order valence-corrected chi connectivity index (χ2v) is 3.93. The van der Waals surface area contributed by atoms with Crippen LogP contribution in [0.1, 0.15) is 20.3 Å². The summed E-state index contributed by atoms with van der Waals surface area (Å²) in [5.74, 6) is -0.182. The lowest BCUT2D eigenvalue weighted by Crippen LogP contribution is -2.02. The molecule has 0 aliphatic heterocycles. The lowest BCUT2D eigenvalue weighted by atomic mass is 10.3. The lowest BCUT2D eigenvalue weighted by Gasteiger charge is -1.91. The largest absolute Gasteiger partial charge is 0.286 e. The summed E-state index contributed by atoms with van der Waals surface area (Å²) in [7, 11) is -3.76. The highest BCUT2D eigenvalue weighted by Gasteiger charge is 2.00. The summed E-state index contributed by atoms with van der Waals surface area (Å²) in [6.07, 6.45) is 2.16. The number of hydrogen-bond donors (Lipinski definition) is 1. The Kier molecular flexibility index (Phi) is 3.60. The quantitative estimate of drug-likeness (QED) is 0.504. The standard InChI is InChI=1S/C6H12O3S/c1-6(2)4-3-5-10(7,8)9/h4H,3,5H2,1-2H3,(H,7,8,9). The third-order valence-electron chi connectivity index (χ3n) is 0.928. The van der Waals surface area contributed by atoms with Gasteiger partial charge in [-0.3, -0.25) is 4.55 Å². The van der Waals surface area contributed by atoms with E-state index < -0.39 is 10.1 Å². The monoisotopic (exact) mass is 164 g/mol. The Morgan fingerprint density at radius 3 is 2.30 bits per heavy atom. The minimum absolute atomic E-state index is 0.182. The molecule has 0 atom stereocenters. The topological polar surface area (TPSA) is 54.4 Å². The molecule has 10 heavy (non-hydrogen) atoms. The van der Waals surface area contributed by atoms with Crippen molar-refractivity contribution in [2.75, 3.05) is 5.75 Å². The molecule has 0 spiro atoms. The molecule has 0 aromatic heterocycles. The molecule has 0 radical (unpaired) electrons. The maximum atomic E-state index is 10.1. The second kappa shape index (κ2) is 3.73. The molecular formula is C6H12O3S. The van der Waals surface area contributed by atoms with E-state index in [0.717, 1.165) is 5.57 Å². The predicted octanol–water partition coefficient (Wildman–Crippen LogP) is 1.23. The van der Waals surface area contributed by atoms with Crippen LogP contribution in [0, 0.1) is 0 Å². The van der Waals surface area contributed by atoms with Crippen molar-refractivity contribution in [2.45, 2.75) is 20.3 Å². The van der Waals surface area contributed by atoms with Crippen molar-refractivity contribution < 1.29 is 13.0 Å². The number of hydrogen-bond acceptors (Lipinski definition) is 2. The third-order valence-corrected chi connectivity index (χ3v) is 1.68. The van der Waals surface area contributed by atoms with E-state index in [0.29, 0.717) is 6.42 Å². The van der Waals surface area contributed by atoms with Gasteiger partial charge in [-0.25, -0.2) is 0 Å². The van der Waals surface area contributed by atoms with E-state index >= 15 is 0 Å². The minimum atomic E-state index is -3.76. The first kappa shape index (κ1) is 9.65. The van der Waals surface area contributed by atoms with Gasteiger partial charge in [0.05, 0.1) is 5.75 Å².